The number of hydrogen-bond acceptors (Lipinski definition) is 4. The van der Waals surface area contributed by atoms with Gasteiger partial charge in [-0.2, -0.15) is 26.3 Å². The molecule has 0 aliphatic carbocycles. The van der Waals surface area contributed by atoms with Crippen LogP contribution in [0.1, 0.15) is 46.3 Å². The number of pyridine rings is 1. The van der Waals surface area contributed by atoms with E-state index in [0.717, 1.165) is 37.9 Å². The Bertz CT molecular complexity index is 1320. The van der Waals surface area contributed by atoms with Gasteiger partial charge in [-0.25, -0.2) is 4.79 Å². The summed E-state index contributed by atoms with van der Waals surface area (Å²) in [5.41, 5.74) is -2.04. The molecule has 3 amide bonds. The molecule has 3 N–H and O–H groups in total. The number of aromatic nitrogens is 1. The Morgan fingerprint density at radius 1 is 0.825 bits per heavy atom. The van der Waals surface area contributed by atoms with Crippen molar-refractivity contribution >= 4 is 29.0 Å². The molecule has 0 atom stereocenters. The van der Waals surface area contributed by atoms with Gasteiger partial charge in [-0.1, -0.05) is 6.07 Å². The number of anilines is 3. The number of nitrogens with zero attached hydrogens (tertiary/aromatic N) is 2. The van der Waals surface area contributed by atoms with E-state index in [0.29, 0.717) is 17.8 Å². The molecule has 1 saturated heterocycles. The first kappa shape index (κ1) is 28.7. The molecule has 2 aromatic carbocycles. The molecule has 0 radical (unpaired) electrons. The van der Waals surface area contributed by atoms with Crippen LogP contribution in [0.4, 0.5) is 48.2 Å². The zero-order valence-electron chi connectivity index (χ0n) is 21.0. The van der Waals surface area contributed by atoms with Gasteiger partial charge in [0.1, 0.15) is 0 Å². The normalized spacial score (nSPS) is 14.0. The van der Waals surface area contributed by atoms with Crippen LogP contribution in [0.3, 0.4) is 0 Å². The van der Waals surface area contributed by atoms with Crippen LogP contribution in [-0.4, -0.2) is 30.0 Å². The molecular formula is C27H25F6N5O2. The number of carbonyl (C=O) groups excluding carboxylic acids is 2. The fraction of sp³-hybridized carbons (Fsp3) is 0.296. The maximum Gasteiger partial charge on any atom is 0.416 e. The van der Waals surface area contributed by atoms with Crippen molar-refractivity contribution in [3.63, 3.8) is 0 Å². The molecular weight excluding hydrogens is 540 g/mol. The summed E-state index contributed by atoms with van der Waals surface area (Å²) in [6.45, 7) is 1.65. The van der Waals surface area contributed by atoms with Crippen LogP contribution in [0, 0.1) is 0 Å². The molecule has 13 heteroatoms. The summed E-state index contributed by atoms with van der Waals surface area (Å²) in [5.74, 6) is -0.429. The van der Waals surface area contributed by atoms with Gasteiger partial charge in [0, 0.05) is 49.1 Å². The highest BCUT2D eigenvalue weighted by atomic mass is 19.4. The maximum absolute atomic E-state index is 13.2. The standard InChI is InChI=1S/C27H25F6N5O2/c28-26(29,30)18-11-19(27(31,32)33)13-21(12-18)37-25(40)36-20-6-7-23(38-9-2-1-3-10-38)22(14-20)24(39)35-16-17-5-4-8-34-15-17/h4-8,11-15H,1-3,9-10,16H2,(H,35,39)(H2,36,37,40). The summed E-state index contributed by atoms with van der Waals surface area (Å²) in [6.07, 6.45) is -3.97. The summed E-state index contributed by atoms with van der Waals surface area (Å²) < 4.78 is 79.0. The third-order valence-corrected chi connectivity index (χ3v) is 6.22. The number of halogens is 6. The molecule has 3 aromatic rings. The number of carbonyl (C=O) groups is 2. The van der Waals surface area contributed by atoms with Crippen LogP contribution in [0.2, 0.25) is 0 Å². The Labute approximate surface area is 225 Å². The first-order valence-electron chi connectivity index (χ1n) is 12.3. The summed E-state index contributed by atoms with van der Waals surface area (Å²) in [5, 5.41) is 7.21. The Hall–Kier alpha value is -4.29. The lowest BCUT2D eigenvalue weighted by atomic mass is 10.1. The number of nitrogens with one attached hydrogen (secondary N) is 3. The highest BCUT2D eigenvalue weighted by Gasteiger charge is 2.37. The highest BCUT2D eigenvalue weighted by molar-refractivity contribution is 6.04. The molecule has 0 bridgehead atoms. The number of amides is 3. The summed E-state index contributed by atoms with van der Waals surface area (Å²) >= 11 is 0. The minimum atomic E-state index is -5.06. The number of alkyl halides is 6. The van der Waals surface area contributed by atoms with Gasteiger partial charge >= 0.3 is 18.4 Å². The lowest BCUT2D eigenvalue weighted by molar-refractivity contribution is -0.143. The van der Waals surface area contributed by atoms with E-state index in [1.807, 2.05) is 10.2 Å². The third kappa shape index (κ3) is 7.42. The topological polar surface area (TPSA) is 86.4 Å². The van der Waals surface area contributed by atoms with Crippen molar-refractivity contribution in [1.82, 2.24) is 10.3 Å². The smallest absolute Gasteiger partial charge is 0.371 e. The fourth-order valence-corrected chi connectivity index (χ4v) is 4.31. The SMILES string of the molecule is O=C(Nc1cc(C(F)(F)F)cc(C(F)(F)F)c1)Nc1ccc(N2CCCCC2)c(C(=O)NCc2cccnc2)c1. The van der Waals surface area contributed by atoms with Gasteiger partial charge < -0.3 is 20.9 Å². The average Bonchev–Trinajstić information content (AvgIpc) is 2.91. The van der Waals surface area contributed by atoms with Gasteiger partial charge in [0.05, 0.1) is 16.7 Å². The molecule has 1 fully saturated rings. The Balaban J connectivity index is 1.55. The number of urea groups is 1. The van der Waals surface area contributed by atoms with E-state index >= 15 is 0 Å². The molecule has 40 heavy (non-hydrogen) atoms. The van der Waals surface area contributed by atoms with Crippen molar-refractivity contribution in [1.29, 1.82) is 0 Å². The molecule has 0 spiro atoms. The highest BCUT2D eigenvalue weighted by Crippen LogP contribution is 2.37. The first-order chi connectivity index (χ1) is 18.9. The molecule has 2 heterocycles. The van der Waals surface area contributed by atoms with Crippen LogP contribution in [0.15, 0.2) is 60.9 Å². The van der Waals surface area contributed by atoms with Crippen LogP contribution in [0.25, 0.3) is 0 Å². The summed E-state index contributed by atoms with van der Waals surface area (Å²) in [4.78, 5) is 31.8. The van der Waals surface area contributed by atoms with E-state index in [4.69, 9.17) is 0 Å². The van der Waals surface area contributed by atoms with Crippen molar-refractivity contribution in [2.24, 2.45) is 0 Å². The Morgan fingerprint density at radius 2 is 1.48 bits per heavy atom. The van der Waals surface area contributed by atoms with E-state index in [2.05, 4.69) is 15.6 Å². The van der Waals surface area contributed by atoms with Gasteiger partial charge in [-0.05, 0) is 67.3 Å². The fourth-order valence-electron chi connectivity index (χ4n) is 4.31. The van der Waals surface area contributed by atoms with Crippen molar-refractivity contribution in [2.45, 2.75) is 38.2 Å². The number of hydrogen-bond donors (Lipinski definition) is 3. The van der Waals surface area contributed by atoms with E-state index < -0.39 is 41.1 Å². The minimum Gasteiger partial charge on any atom is -0.371 e. The second-order valence-electron chi connectivity index (χ2n) is 9.20. The lowest BCUT2D eigenvalue weighted by Crippen LogP contribution is -2.33. The lowest BCUT2D eigenvalue weighted by Gasteiger charge is -2.30. The molecule has 1 aromatic heterocycles. The van der Waals surface area contributed by atoms with Crippen LogP contribution < -0.4 is 20.9 Å². The first-order valence-corrected chi connectivity index (χ1v) is 12.3. The Morgan fingerprint density at radius 3 is 2.08 bits per heavy atom. The van der Waals surface area contributed by atoms with E-state index in [1.165, 1.54) is 12.1 Å². The monoisotopic (exact) mass is 565 g/mol. The number of benzene rings is 2. The molecule has 4 rings (SSSR count). The van der Waals surface area contributed by atoms with Gasteiger partial charge in [0.15, 0.2) is 0 Å². The zero-order chi connectivity index (χ0) is 28.9. The van der Waals surface area contributed by atoms with Gasteiger partial charge in [-0.3, -0.25) is 9.78 Å². The van der Waals surface area contributed by atoms with E-state index in [-0.39, 0.29) is 23.9 Å². The van der Waals surface area contributed by atoms with Crippen LogP contribution >= 0.6 is 0 Å². The molecule has 7 nitrogen and oxygen atoms in total. The van der Waals surface area contributed by atoms with Crippen LogP contribution in [0.5, 0.6) is 0 Å². The number of piperidine rings is 1. The quantitative estimate of drug-likeness (QED) is 0.291. The molecule has 1 aliphatic rings. The molecule has 1 aliphatic heterocycles. The number of rotatable bonds is 6. The van der Waals surface area contributed by atoms with E-state index in [1.54, 1.807) is 30.6 Å². The van der Waals surface area contributed by atoms with Crippen LogP contribution in [-0.2, 0) is 18.9 Å². The molecule has 212 valence electrons. The van der Waals surface area contributed by atoms with Crippen molar-refractivity contribution in [3.05, 3.63) is 83.2 Å². The van der Waals surface area contributed by atoms with Gasteiger partial charge in [0.2, 0.25) is 0 Å². The van der Waals surface area contributed by atoms with Gasteiger partial charge in [-0.15, -0.1) is 0 Å². The predicted molar refractivity (Wildman–Crippen MR) is 137 cm³/mol. The average molecular weight is 566 g/mol. The zero-order valence-corrected chi connectivity index (χ0v) is 21.0. The Kier molecular flexibility index (Phi) is 8.50. The summed E-state index contributed by atoms with van der Waals surface area (Å²) in [7, 11) is 0. The second-order valence-corrected chi connectivity index (χ2v) is 9.20. The summed E-state index contributed by atoms with van der Waals surface area (Å²) in [6, 6.07) is 7.79. The van der Waals surface area contributed by atoms with Crippen molar-refractivity contribution in [2.75, 3.05) is 28.6 Å². The molecule has 0 unspecified atom stereocenters. The van der Waals surface area contributed by atoms with Crippen molar-refractivity contribution in [3.8, 4) is 0 Å². The predicted octanol–water partition coefficient (Wildman–Crippen LogP) is 6.68. The third-order valence-electron chi connectivity index (χ3n) is 6.22. The second kappa shape index (κ2) is 11.8. The minimum absolute atomic E-state index is 0.0290. The van der Waals surface area contributed by atoms with Crippen molar-refractivity contribution < 1.29 is 35.9 Å². The largest absolute Gasteiger partial charge is 0.416 e. The maximum atomic E-state index is 13.2. The van der Waals surface area contributed by atoms with E-state index in [9.17, 15) is 35.9 Å². The molecule has 0 saturated carbocycles. The van der Waals surface area contributed by atoms with Gasteiger partial charge in [0.25, 0.3) is 5.91 Å².